The third-order valence-corrected chi connectivity index (χ3v) is 2.64. The molecule has 1 fully saturated rings. The van der Waals surface area contributed by atoms with E-state index in [0.717, 1.165) is 32.2 Å². The van der Waals surface area contributed by atoms with E-state index in [1.807, 2.05) is 0 Å². The van der Waals surface area contributed by atoms with E-state index >= 15 is 0 Å². The van der Waals surface area contributed by atoms with Gasteiger partial charge >= 0.3 is 11.9 Å². The molecule has 114 valence electrons. The van der Waals surface area contributed by atoms with Crippen LogP contribution in [0.1, 0.15) is 32.1 Å². The van der Waals surface area contributed by atoms with Crippen molar-refractivity contribution in [1.82, 2.24) is 5.32 Å². The lowest BCUT2D eigenvalue weighted by atomic mass is 10.1. The molecule has 1 heterocycles. The Morgan fingerprint density at radius 3 is 2.26 bits per heavy atom. The Hall–Kier alpha value is -0.890. The zero-order valence-corrected chi connectivity index (χ0v) is 11.7. The first-order valence-corrected chi connectivity index (χ1v) is 6.13. The Kier molecular flexibility index (Phi) is 13.1. The molecule has 1 rings (SSSR count). The molecule has 0 radical (unpaired) electrons. The van der Waals surface area contributed by atoms with E-state index in [0.29, 0.717) is 13.0 Å². The predicted octanol–water partition coefficient (Wildman–Crippen LogP) is -0.228. The van der Waals surface area contributed by atoms with Crippen molar-refractivity contribution in [3.05, 3.63) is 0 Å². The van der Waals surface area contributed by atoms with E-state index in [-0.39, 0.29) is 18.4 Å². The Bertz CT molecular complexity index is 260. The van der Waals surface area contributed by atoms with Crippen molar-refractivity contribution in [2.24, 2.45) is 11.5 Å². The van der Waals surface area contributed by atoms with Gasteiger partial charge < -0.3 is 27.0 Å². The number of hydrogen-bond donors (Lipinski definition) is 5. The number of carboxylic acids is 2. The lowest BCUT2D eigenvalue weighted by Crippen LogP contribution is -2.29. The molecule has 0 aromatic carbocycles. The zero-order valence-electron chi connectivity index (χ0n) is 10.9. The van der Waals surface area contributed by atoms with Gasteiger partial charge in [-0.25, -0.2) is 0 Å². The van der Waals surface area contributed by atoms with Gasteiger partial charge in [0.15, 0.2) is 0 Å². The number of aliphatic carboxylic acids is 2. The topological polar surface area (TPSA) is 139 Å². The van der Waals surface area contributed by atoms with Crippen molar-refractivity contribution >= 4 is 24.3 Å². The van der Waals surface area contributed by atoms with Gasteiger partial charge in [0.2, 0.25) is 0 Å². The Balaban J connectivity index is 0. The minimum absolute atomic E-state index is 0. The van der Waals surface area contributed by atoms with Gasteiger partial charge in [-0.2, -0.15) is 0 Å². The number of carboxylic acid groups (broad SMARTS) is 2. The van der Waals surface area contributed by atoms with Crippen molar-refractivity contribution in [2.75, 3.05) is 13.1 Å². The highest BCUT2D eigenvalue weighted by molar-refractivity contribution is 5.85. The summed E-state index contributed by atoms with van der Waals surface area (Å²) in [5.41, 5.74) is 10.4. The normalized spacial score (nSPS) is 18.7. The molecule has 0 bridgehead atoms. The quantitative estimate of drug-likeness (QED) is 0.427. The second-order valence-electron chi connectivity index (χ2n) is 4.22. The fourth-order valence-electron chi connectivity index (χ4n) is 1.53. The predicted molar refractivity (Wildman–Crippen MR) is 74.4 cm³/mol. The summed E-state index contributed by atoms with van der Waals surface area (Å²) in [4.78, 5) is 20.3. The van der Waals surface area contributed by atoms with Gasteiger partial charge in [0, 0.05) is 0 Å². The largest absolute Gasteiger partial charge is 0.480 e. The second-order valence-corrected chi connectivity index (χ2v) is 4.22. The van der Waals surface area contributed by atoms with Gasteiger partial charge in [-0.1, -0.05) is 6.42 Å². The average molecular weight is 298 g/mol. The van der Waals surface area contributed by atoms with E-state index in [4.69, 9.17) is 21.7 Å². The summed E-state index contributed by atoms with van der Waals surface area (Å²) in [6.07, 6.45) is 3.95. The SMILES string of the molecule is Cl.NCCCC[C@H](N)C(=O)O.O=C(O)[C@@H]1CCCN1. The van der Waals surface area contributed by atoms with Gasteiger partial charge in [-0.3, -0.25) is 9.59 Å². The Labute approximate surface area is 119 Å². The van der Waals surface area contributed by atoms with Crippen LogP contribution in [-0.4, -0.2) is 47.3 Å². The van der Waals surface area contributed by atoms with Crippen molar-refractivity contribution < 1.29 is 19.8 Å². The molecule has 2 atom stereocenters. The highest BCUT2D eigenvalue weighted by Crippen LogP contribution is 2.03. The monoisotopic (exact) mass is 297 g/mol. The molecule has 7 nitrogen and oxygen atoms in total. The number of nitrogens with two attached hydrogens (primary N) is 2. The van der Waals surface area contributed by atoms with Gasteiger partial charge in [-0.05, 0) is 38.8 Å². The zero-order chi connectivity index (χ0) is 14.0. The van der Waals surface area contributed by atoms with Crippen molar-refractivity contribution in [3.8, 4) is 0 Å². The third-order valence-electron chi connectivity index (χ3n) is 2.64. The van der Waals surface area contributed by atoms with Crippen LogP contribution in [0.4, 0.5) is 0 Å². The molecule has 8 heteroatoms. The smallest absolute Gasteiger partial charge is 0.320 e. The van der Waals surface area contributed by atoms with Gasteiger partial charge in [0.1, 0.15) is 12.1 Å². The molecule has 1 aliphatic heterocycles. The molecule has 1 saturated heterocycles. The summed E-state index contributed by atoms with van der Waals surface area (Å²) < 4.78 is 0. The fraction of sp³-hybridized carbons (Fsp3) is 0.818. The second kappa shape index (κ2) is 12.2. The summed E-state index contributed by atoms with van der Waals surface area (Å²) in [5.74, 6) is -1.65. The maximum absolute atomic E-state index is 10.1. The van der Waals surface area contributed by atoms with Crippen LogP contribution in [0.3, 0.4) is 0 Å². The lowest BCUT2D eigenvalue weighted by Gasteiger charge is -2.03. The minimum atomic E-state index is -0.933. The standard InChI is InChI=1S/C6H14N2O2.C5H9NO2.ClH/c7-4-2-1-3-5(8)6(9)10;7-5(8)4-2-1-3-6-4;/h5H,1-4,7-8H2,(H,9,10);4,6H,1-3H2,(H,7,8);1H/t5-;4-;/m00./s1. The molecule has 0 aliphatic carbocycles. The molecule has 0 unspecified atom stereocenters. The van der Waals surface area contributed by atoms with Crippen LogP contribution in [0.5, 0.6) is 0 Å². The van der Waals surface area contributed by atoms with Crippen molar-refractivity contribution in [1.29, 1.82) is 0 Å². The molecular formula is C11H24ClN3O4. The van der Waals surface area contributed by atoms with Gasteiger partial charge in [-0.15, -0.1) is 12.4 Å². The number of hydrogen-bond acceptors (Lipinski definition) is 5. The molecule has 7 N–H and O–H groups in total. The first-order chi connectivity index (χ1) is 8.49. The Morgan fingerprint density at radius 2 is 1.95 bits per heavy atom. The molecule has 0 aromatic rings. The van der Waals surface area contributed by atoms with Gasteiger partial charge in [0.25, 0.3) is 0 Å². The summed E-state index contributed by atoms with van der Waals surface area (Å²) in [6.45, 7) is 1.46. The average Bonchev–Trinajstić information content (AvgIpc) is 2.83. The molecule has 0 amide bonds. The van der Waals surface area contributed by atoms with Crippen LogP contribution in [0.15, 0.2) is 0 Å². The number of unbranched alkanes of at least 4 members (excludes halogenated alkanes) is 1. The van der Waals surface area contributed by atoms with Crippen LogP contribution in [-0.2, 0) is 9.59 Å². The lowest BCUT2D eigenvalue weighted by molar-refractivity contribution is -0.139. The van der Waals surface area contributed by atoms with Crippen LogP contribution in [0.25, 0.3) is 0 Å². The summed E-state index contributed by atoms with van der Waals surface area (Å²) >= 11 is 0. The maximum atomic E-state index is 10.1. The fourth-order valence-corrected chi connectivity index (χ4v) is 1.53. The Morgan fingerprint density at radius 1 is 1.32 bits per heavy atom. The van der Waals surface area contributed by atoms with E-state index < -0.39 is 18.0 Å². The molecule has 1 aliphatic rings. The number of nitrogens with one attached hydrogen (secondary N) is 1. The molecular weight excluding hydrogens is 274 g/mol. The van der Waals surface area contributed by atoms with Crippen molar-refractivity contribution in [2.45, 2.75) is 44.2 Å². The first-order valence-electron chi connectivity index (χ1n) is 6.13. The van der Waals surface area contributed by atoms with E-state index in [1.165, 1.54) is 0 Å². The summed E-state index contributed by atoms with van der Waals surface area (Å²) in [5, 5.41) is 19.5. The summed E-state index contributed by atoms with van der Waals surface area (Å²) in [6, 6.07) is -0.985. The maximum Gasteiger partial charge on any atom is 0.320 e. The van der Waals surface area contributed by atoms with Crippen LogP contribution in [0.2, 0.25) is 0 Å². The summed E-state index contributed by atoms with van der Waals surface area (Å²) in [7, 11) is 0. The van der Waals surface area contributed by atoms with E-state index in [2.05, 4.69) is 5.32 Å². The van der Waals surface area contributed by atoms with Crippen LogP contribution < -0.4 is 16.8 Å². The highest BCUT2D eigenvalue weighted by Gasteiger charge is 2.20. The minimum Gasteiger partial charge on any atom is -0.480 e. The van der Waals surface area contributed by atoms with Gasteiger partial charge in [0.05, 0.1) is 0 Å². The van der Waals surface area contributed by atoms with Crippen molar-refractivity contribution in [3.63, 3.8) is 0 Å². The number of rotatable bonds is 6. The molecule has 19 heavy (non-hydrogen) atoms. The number of carbonyl (C=O) groups is 2. The van der Waals surface area contributed by atoms with E-state index in [1.54, 1.807) is 0 Å². The first kappa shape index (κ1) is 20.4. The highest BCUT2D eigenvalue weighted by atomic mass is 35.5. The number of halogens is 1. The van der Waals surface area contributed by atoms with E-state index in [9.17, 15) is 9.59 Å². The van der Waals surface area contributed by atoms with Crippen LogP contribution in [0, 0.1) is 0 Å². The third kappa shape index (κ3) is 10.7. The molecule has 0 aromatic heterocycles. The van der Waals surface area contributed by atoms with Crippen LogP contribution >= 0.6 is 12.4 Å². The molecule has 0 saturated carbocycles. The molecule has 0 spiro atoms.